The van der Waals surface area contributed by atoms with Crippen LogP contribution in [-0.2, 0) is 32.8 Å². The summed E-state index contributed by atoms with van der Waals surface area (Å²) in [5, 5.41) is 30.3. The van der Waals surface area contributed by atoms with Crippen LogP contribution in [0.4, 0.5) is 0 Å². The second kappa shape index (κ2) is 10.9. The van der Waals surface area contributed by atoms with Crippen LogP contribution in [0.2, 0.25) is 0 Å². The normalized spacial score (nSPS) is 26.9. The van der Waals surface area contributed by atoms with E-state index in [-0.39, 0.29) is 19.1 Å². The zero-order chi connectivity index (χ0) is 24.1. The second-order valence-corrected chi connectivity index (χ2v) is 9.04. The molecule has 7 nitrogen and oxygen atoms in total. The quantitative estimate of drug-likeness (QED) is 0.615. The number of methoxy groups -OCH3 is 1. The number of aryl methyl sites for hydroxylation is 1. The highest BCUT2D eigenvalue weighted by molar-refractivity contribution is 5.51. The molecule has 7 heteroatoms. The van der Waals surface area contributed by atoms with Crippen molar-refractivity contribution in [2.75, 3.05) is 26.9 Å². The smallest absolute Gasteiger partial charge is 0.201 e. The molecule has 2 aliphatic rings. The van der Waals surface area contributed by atoms with Gasteiger partial charge >= 0.3 is 0 Å². The van der Waals surface area contributed by atoms with Crippen LogP contribution < -0.4 is 4.74 Å². The summed E-state index contributed by atoms with van der Waals surface area (Å²) in [6.45, 7) is 2.97. The maximum absolute atomic E-state index is 10.6. The summed E-state index contributed by atoms with van der Waals surface area (Å²) in [5.41, 5.74) is 4.28. The Hall–Kier alpha value is -2.47. The van der Waals surface area contributed by atoms with Crippen LogP contribution in [0.15, 0.2) is 36.4 Å². The van der Waals surface area contributed by atoms with Crippen LogP contribution >= 0.6 is 0 Å². The highest BCUT2D eigenvalue weighted by Gasteiger charge is 2.45. The van der Waals surface area contributed by atoms with Gasteiger partial charge in [0.1, 0.15) is 11.9 Å². The van der Waals surface area contributed by atoms with Crippen molar-refractivity contribution >= 4 is 0 Å². The van der Waals surface area contributed by atoms with Gasteiger partial charge in [0.15, 0.2) is 0 Å². The van der Waals surface area contributed by atoms with Crippen LogP contribution in [0.25, 0.3) is 0 Å². The predicted octanol–water partition coefficient (Wildman–Crippen LogP) is 3.21. The van der Waals surface area contributed by atoms with Gasteiger partial charge < -0.3 is 29.2 Å². The SMILES string of the molecule is CCc1ccc(Cc2cc(C3(OC)CC(O)CC(CO)O3)c(OC3CCOC3)cc2C#N)cc1. The lowest BCUT2D eigenvalue weighted by Crippen LogP contribution is -2.47. The van der Waals surface area contributed by atoms with Crippen molar-refractivity contribution in [2.45, 2.75) is 63.1 Å². The van der Waals surface area contributed by atoms with Crippen molar-refractivity contribution in [2.24, 2.45) is 0 Å². The number of aliphatic hydroxyl groups excluding tert-OH is 2. The summed E-state index contributed by atoms with van der Waals surface area (Å²) < 4.78 is 23.9. The first-order chi connectivity index (χ1) is 16.5. The first-order valence-corrected chi connectivity index (χ1v) is 11.9. The van der Waals surface area contributed by atoms with Gasteiger partial charge in [0.2, 0.25) is 5.79 Å². The monoisotopic (exact) mass is 467 g/mol. The fraction of sp³-hybridized carbons (Fsp3) is 0.519. The molecule has 2 heterocycles. The van der Waals surface area contributed by atoms with E-state index in [0.29, 0.717) is 42.9 Å². The van der Waals surface area contributed by atoms with Crippen LogP contribution in [0, 0.1) is 11.3 Å². The molecule has 2 aromatic rings. The summed E-state index contributed by atoms with van der Waals surface area (Å²) in [4.78, 5) is 0. The first kappa shape index (κ1) is 24.6. The number of benzene rings is 2. The molecule has 34 heavy (non-hydrogen) atoms. The first-order valence-electron chi connectivity index (χ1n) is 11.9. The molecule has 0 spiro atoms. The van der Waals surface area contributed by atoms with E-state index >= 15 is 0 Å². The fourth-order valence-corrected chi connectivity index (χ4v) is 4.76. The zero-order valence-electron chi connectivity index (χ0n) is 19.8. The Kier molecular flexibility index (Phi) is 7.87. The fourth-order valence-electron chi connectivity index (χ4n) is 4.76. The maximum atomic E-state index is 10.6. The van der Waals surface area contributed by atoms with Gasteiger partial charge in [0.25, 0.3) is 0 Å². The molecule has 4 rings (SSSR count). The number of hydrogen-bond acceptors (Lipinski definition) is 7. The van der Waals surface area contributed by atoms with Gasteiger partial charge in [-0.15, -0.1) is 0 Å². The molecule has 182 valence electrons. The van der Waals surface area contributed by atoms with Crippen LogP contribution in [0.1, 0.15) is 54.0 Å². The van der Waals surface area contributed by atoms with Gasteiger partial charge in [-0.3, -0.25) is 0 Å². The van der Waals surface area contributed by atoms with Crippen molar-refractivity contribution in [3.63, 3.8) is 0 Å². The molecule has 4 unspecified atom stereocenters. The molecule has 4 atom stereocenters. The minimum absolute atomic E-state index is 0.145. The largest absolute Gasteiger partial charge is 0.487 e. The molecular formula is C27H33NO6. The van der Waals surface area contributed by atoms with Crippen LogP contribution in [0.3, 0.4) is 0 Å². The Bertz CT molecular complexity index is 1010. The van der Waals surface area contributed by atoms with Gasteiger partial charge in [0, 0.05) is 26.4 Å². The Balaban J connectivity index is 1.78. The topological polar surface area (TPSA) is 101 Å². The van der Waals surface area contributed by atoms with E-state index < -0.39 is 18.0 Å². The van der Waals surface area contributed by atoms with Gasteiger partial charge in [-0.1, -0.05) is 31.2 Å². The van der Waals surface area contributed by atoms with E-state index in [1.54, 1.807) is 6.07 Å². The summed E-state index contributed by atoms with van der Waals surface area (Å²) in [7, 11) is 1.52. The Morgan fingerprint density at radius 2 is 1.97 bits per heavy atom. The Morgan fingerprint density at radius 3 is 2.59 bits per heavy atom. The third-order valence-corrected chi connectivity index (χ3v) is 6.67. The van der Waals surface area contributed by atoms with E-state index in [2.05, 4.69) is 37.3 Å². The molecule has 0 saturated carbocycles. The third kappa shape index (κ3) is 5.27. The number of ether oxygens (including phenoxy) is 4. The molecule has 0 aromatic heterocycles. The van der Waals surface area contributed by atoms with Gasteiger partial charge in [-0.05, 0) is 41.7 Å². The molecule has 0 amide bonds. The molecular weight excluding hydrogens is 434 g/mol. The maximum Gasteiger partial charge on any atom is 0.201 e. The molecule has 2 aliphatic heterocycles. The molecule has 0 bridgehead atoms. The lowest BCUT2D eigenvalue weighted by atomic mass is 9.88. The van der Waals surface area contributed by atoms with Crippen molar-refractivity contribution in [1.82, 2.24) is 0 Å². The lowest BCUT2D eigenvalue weighted by molar-refractivity contribution is -0.299. The number of aliphatic hydroxyl groups is 2. The van der Waals surface area contributed by atoms with Gasteiger partial charge in [-0.2, -0.15) is 5.26 Å². The average molecular weight is 468 g/mol. The van der Waals surface area contributed by atoms with E-state index in [4.69, 9.17) is 18.9 Å². The lowest BCUT2D eigenvalue weighted by Gasteiger charge is -2.42. The highest BCUT2D eigenvalue weighted by Crippen LogP contribution is 2.44. The number of rotatable bonds is 8. The molecule has 2 N–H and O–H groups in total. The minimum Gasteiger partial charge on any atom is -0.487 e. The number of nitrogens with zero attached hydrogens (tertiary/aromatic N) is 1. The van der Waals surface area contributed by atoms with E-state index in [9.17, 15) is 15.5 Å². The number of nitriles is 1. The van der Waals surface area contributed by atoms with Gasteiger partial charge in [-0.25, -0.2) is 0 Å². The van der Waals surface area contributed by atoms with Crippen molar-refractivity contribution in [3.05, 3.63) is 64.2 Å². The van der Waals surface area contributed by atoms with Crippen molar-refractivity contribution in [1.29, 1.82) is 5.26 Å². The van der Waals surface area contributed by atoms with E-state index in [0.717, 1.165) is 24.0 Å². The average Bonchev–Trinajstić information content (AvgIpc) is 3.37. The van der Waals surface area contributed by atoms with Crippen LogP contribution in [0.5, 0.6) is 5.75 Å². The molecule has 2 saturated heterocycles. The van der Waals surface area contributed by atoms with Crippen molar-refractivity contribution in [3.8, 4) is 11.8 Å². The molecule has 2 aromatic carbocycles. The summed E-state index contributed by atoms with van der Waals surface area (Å²) in [5.74, 6) is -0.834. The third-order valence-electron chi connectivity index (χ3n) is 6.67. The minimum atomic E-state index is -1.31. The Morgan fingerprint density at radius 1 is 1.21 bits per heavy atom. The van der Waals surface area contributed by atoms with Crippen LogP contribution in [-0.4, -0.2) is 55.5 Å². The summed E-state index contributed by atoms with van der Waals surface area (Å²) >= 11 is 0. The summed E-state index contributed by atoms with van der Waals surface area (Å²) in [6.07, 6.45) is 1.34. The van der Waals surface area contributed by atoms with E-state index in [1.807, 2.05) is 6.07 Å². The molecule has 0 aliphatic carbocycles. The highest BCUT2D eigenvalue weighted by atomic mass is 16.7. The van der Waals surface area contributed by atoms with Crippen molar-refractivity contribution < 1.29 is 29.2 Å². The number of hydrogen-bond donors (Lipinski definition) is 2. The standard InChI is InChI=1S/C27H33NO6/c1-3-18-4-6-19(7-5-18)10-20-11-25(27(31-2)14-22(30)13-24(16-29)34-27)26(12-21(20)15-28)33-23-8-9-32-17-23/h4-7,11-12,22-24,29-30H,3,8-10,13-14,16-17H2,1-2H3. The molecule has 0 radical (unpaired) electrons. The molecule has 2 fully saturated rings. The second-order valence-electron chi connectivity index (χ2n) is 9.04. The summed E-state index contributed by atoms with van der Waals surface area (Å²) in [6, 6.07) is 14.3. The Labute approximate surface area is 200 Å². The zero-order valence-corrected chi connectivity index (χ0v) is 19.8. The van der Waals surface area contributed by atoms with Gasteiger partial charge in [0.05, 0.1) is 49.2 Å². The van der Waals surface area contributed by atoms with E-state index in [1.165, 1.54) is 12.7 Å². The predicted molar refractivity (Wildman–Crippen MR) is 126 cm³/mol.